The van der Waals surface area contributed by atoms with E-state index in [0.717, 1.165) is 20.5 Å². The van der Waals surface area contributed by atoms with Gasteiger partial charge in [0.25, 0.3) is 0 Å². The average Bonchev–Trinajstić information content (AvgIpc) is 2.89. The van der Waals surface area contributed by atoms with Crippen LogP contribution in [0, 0.1) is 0 Å². The summed E-state index contributed by atoms with van der Waals surface area (Å²) in [6.45, 7) is 3.06. The standard InChI is InChI=1S/3C10H7Cl.C3H6O/c11-10-7-3-5-8-4-1-2-6-9(8)10;2*11-10-6-5-8-3-1-2-4-9(8)7-10;1-3(2)4/h3*1-7H;1-2H3. The number of carbonyl (C=O) groups excluding carboxylic acids is 1. The van der Waals surface area contributed by atoms with Crippen LogP contribution in [0.5, 0.6) is 0 Å². The monoisotopic (exact) mass is 544 g/mol. The molecular weight excluding hydrogens is 519 g/mol. The van der Waals surface area contributed by atoms with E-state index in [9.17, 15) is 4.79 Å². The maximum atomic E-state index is 9.44. The van der Waals surface area contributed by atoms with Crippen LogP contribution >= 0.6 is 34.8 Å². The van der Waals surface area contributed by atoms with Crippen molar-refractivity contribution in [3.63, 3.8) is 0 Å². The fourth-order valence-electron chi connectivity index (χ4n) is 3.51. The summed E-state index contributed by atoms with van der Waals surface area (Å²) < 4.78 is 0. The topological polar surface area (TPSA) is 17.1 Å². The van der Waals surface area contributed by atoms with Gasteiger partial charge in [0.2, 0.25) is 0 Å². The Kier molecular flexibility index (Phi) is 11.0. The van der Waals surface area contributed by atoms with Crippen molar-refractivity contribution in [3.05, 3.63) is 142 Å². The van der Waals surface area contributed by atoms with E-state index in [0.29, 0.717) is 0 Å². The minimum atomic E-state index is 0.167. The summed E-state index contributed by atoms with van der Waals surface area (Å²) in [5.41, 5.74) is 0. The molecule has 1 nitrogen and oxygen atoms in total. The fourth-order valence-corrected chi connectivity index (χ4v) is 4.11. The first kappa shape index (κ1) is 28.2. The number of fused-ring (bicyclic) bond motifs is 3. The third kappa shape index (κ3) is 9.22. The molecule has 0 saturated carbocycles. The molecule has 37 heavy (non-hydrogen) atoms. The molecule has 0 spiro atoms. The van der Waals surface area contributed by atoms with Gasteiger partial charge in [-0.15, -0.1) is 0 Å². The van der Waals surface area contributed by atoms with Crippen molar-refractivity contribution in [2.24, 2.45) is 0 Å². The number of rotatable bonds is 0. The largest absolute Gasteiger partial charge is 0.300 e. The predicted molar refractivity (Wildman–Crippen MR) is 163 cm³/mol. The molecule has 0 aliphatic carbocycles. The summed E-state index contributed by atoms with van der Waals surface area (Å²) in [6, 6.07) is 42.2. The van der Waals surface area contributed by atoms with Crippen molar-refractivity contribution in [2.75, 3.05) is 0 Å². The molecule has 6 aromatic rings. The second-order valence-corrected chi connectivity index (χ2v) is 9.63. The minimum absolute atomic E-state index is 0.167. The first-order valence-corrected chi connectivity index (χ1v) is 12.9. The molecule has 0 unspecified atom stereocenters. The highest BCUT2D eigenvalue weighted by Gasteiger charge is 1.94. The Labute approximate surface area is 233 Å². The zero-order chi connectivity index (χ0) is 26.6. The van der Waals surface area contributed by atoms with Gasteiger partial charge in [-0.2, -0.15) is 0 Å². The highest BCUT2D eigenvalue weighted by atomic mass is 35.5. The lowest BCUT2D eigenvalue weighted by molar-refractivity contribution is -0.114. The van der Waals surface area contributed by atoms with E-state index in [-0.39, 0.29) is 5.78 Å². The Balaban J connectivity index is 0.000000144. The molecule has 4 heteroatoms. The van der Waals surface area contributed by atoms with E-state index in [4.69, 9.17) is 34.8 Å². The second kappa shape index (κ2) is 14.4. The Morgan fingerprint density at radius 2 is 0.838 bits per heavy atom. The normalized spacial score (nSPS) is 9.86. The van der Waals surface area contributed by atoms with Crippen molar-refractivity contribution in [1.29, 1.82) is 0 Å². The summed E-state index contributed by atoms with van der Waals surface area (Å²) in [5, 5.41) is 9.58. The van der Waals surface area contributed by atoms with Gasteiger partial charge < -0.3 is 4.79 Å². The molecule has 0 aromatic heterocycles. The van der Waals surface area contributed by atoms with Crippen molar-refractivity contribution >= 4 is 72.9 Å². The van der Waals surface area contributed by atoms with Crippen LogP contribution in [-0.4, -0.2) is 5.78 Å². The molecule has 0 radical (unpaired) electrons. The summed E-state index contributed by atoms with van der Waals surface area (Å²) >= 11 is 17.6. The van der Waals surface area contributed by atoms with E-state index < -0.39 is 0 Å². The van der Waals surface area contributed by atoms with Gasteiger partial charge in [0, 0.05) is 20.5 Å². The van der Waals surface area contributed by atoms with Crippen LogP contribution in [-0.2, 0) is 4.79 Å². The van der Waals surface area contributed by atoms with Gasteiger partial charge in [-0.05, 0) is 71.1 Å². The highest BCUT2D eigenvalue weighted by molar-refractivity contribution is 6.35. The van der Waals surface area contributed by atoms with E-state index in [2.05, 4.69) is 36.4 Å². The maximum absolute atomic E-state index is 9.44. The summed E-state index contributed by atoms with van der Waals surface area (Å²) in [4.78, 5) is 9.44. The van der Waals surface area contributed by atoms with E-state index in [1.807, 2.05) is 91.0 Å². The first-order chi connectivity index (χ1) is 17.8. The summed E-state index contributed by atoms with van der Waals surface area (Å²) in [6.07, 6.45) is 0. The van der Waals surface area contributed by atoms with Gasteiger partial charge in [0.15, 0.2) is 0 Å². The van der Waals surface area contributed by atoms with Crippen LogP contribution in [0.15, 0.2) is 127 Å². The zero-order valence-electron chi connectivity index (χ0n) is 20.7. The van der Waals surface area contributed by atoms with Crippen molar-refractivity contribution in [3.8, 4) is 0 Å². The summed E-state index contributed by atoms with van der Waals surface area (Å²) in [7, 11) is 0. The van der Waals surface area contributed by atoms with E-state index in [1.54, 1.807) is 0 Å². The number of Topliss-reactive ketones (excluding diaryl/α,β-unsaturated/α-hetero) is 1. The van der Waals surface area contributed by atoms with Crippen LogP contribution < -0.4 is 0 Å². The summed E-state index contributed by atoms with van der Waals surface area (Å²) in [5.74, 6) is 0.167. The Morgan fingerprint density at radius 3 is 1.30 bits per heavy atom. The van der Waals surface area contributed by atoms with Crippen molar-refractivity contribution < 1.29 is 4.79 Å². The second-order valence-electron chi connectivity index (χ2n) is 8.35. The lowest BCUT2D eigenvalue weighted by Crippen LogP contribution is -1.70. The predicted octanol–water partition coefficient (Wildman–Crippen LogP) is 11.1. The smallest absolute Gasteiger partial charge is 0.126 e. The Bertz CT molecular complexity index is 1510. The van der Waals surface area contributed by atoms with Gasteiger partial charge in [-0.1, -0.05) is 132 Å². The quantitative estimate of drug-likeness (QED) is 0.185. The molecule has 0 bridgehead atoms. The molecular formula is C33H27Cl3O. The molecule has 0 atom stereocenters. The van der Waals surface area contributed by atoms with Crippen LogP contribution in [0.1, 0.15) is 13.8 Å². The van der Waals surface area contributed by atoms with Crippen LogP contribution in [0.25, 0.3) is 32.3 Å². The number of ketones is 1. The molecule has 0 saturated heterocycles. The molecule has 0 N–H and O–H groups in total. The lowest BCUT2D eigenvalue weighted by Gasteiger charge is -1.97. The third-order valence-electron chi connectivity index (χ3n) is 5.16. The number of hydrogen-bond acceptors (Lipinski definition) is 1. The van der Waals surface area contributed by atoms with E-state index in [1.165, 1.54) is 40.8 Å². The van der Waals surface area contributed by atoms with Gasteiger partial charge in [-0.3, -0.25) is 0 Å². The molecule has 0 amide bonds. The van der Waals surface area contributed by atoms with Crippen LogP contribution in [0.3, 0.4) is 0 Å². The zero-order valence-corrected chi connectivity index (χ0v) is 22.9. The average molecular weight is 546 g/mol. The van der Waals surface area contributed by atoms with Gasteiger partial charge in [0.05, 0.1) is 0 Å². The third-order valence-corrected chi connectivity index (χ3v) is 5.96. The SMILES string of the molecule is CC(C)=O.Clc1ccc2ccccc2c1.Clc1ccc2ccccc2c1.Clc1cccc2ccccc12. The van der Waals surface area contributed by atoms with Gasteiger partial charge >= 0.3 is 0 Å². The van der Waals surface area contributed by atoms with Crippen molar-refractivity contribution in [2.45, 2.75) is 13.8 Å². The van der Waals surface area contributed by atoms with Gasteiger partial charge in [-0.25, -0.2) is 0 Å². The molecule has 0 aliphatic heterocycles. The number of benzene rings is 6. The van der Waals surface area contributed by atoms with Crippen LogP contribution in [0.2, 0.25) is 15.1 Å². The number of halogens is 3. The number of carbonyl (C=O) groups is 1. The molecule has 0 fully saturated rings. The Morgan fingerprint density at radius 1 is 0.459 bits per heavy atom. The highest BCUT2D eigenvalue weighted by Crippen LogP contribution is 2.22. The first-order valence-electron chi connectivity index (χ1n) is 11.7. The van der Waals surface area contributed by atoms with E-state index >= 15 is 0 Å². The number of hydrogen-bond donors (Lipinski definition) is 0. The molecule has 186 valence electrons. The van der Waals surface area contributed by atoms with Crippen LogP contribution in [0.4, 0.5) is 0 Å². The molecule has 0 heterocycles. The van der Waals surface area contributed by atoms with Crippen molar-refractivity contribution in [1.82, 2.24) is 0 Å². The fraction of sp³-hybridized carbons (Fsp3) is 0.0606. The Hall–Kier alpha value is -3.36. The minimum Gasteiger partial charge on any atom is -0.300 e. The molecule has 6 aromatic carbocycles. The molecule has 0 aliphatic rings. The lowest BCUT2D eigenvalue weighted by atomic mass is 10.1. The van der Waals surface area contributed by atoms with Gasteiger partial charge in [0.1, 0.15) is 5.78 Å². The maximum Gasteiger partial charge on any atom is 0.126 e. The molecule has 6 rings (SSSR count).